The highest BCUT2D eigenvalue weighted by Crippen LogP contribution is 2.24. The molecule has 1 aliphatic heterocycles. The van der Waals surface area contributed by atoms with E-state index in [1.54, 1.807) is 18.3 Å². The van der Waals surface area contributed by atoms with Gasteiger partial charge in [-0.1, -0.05) is 0 Å². The van der Waals surface area contributed by atoms with Gasteiger partial charge in [-0.15, -0.1) is 0 Å². The number of primary amides is 1. The number of amides is 1. The lowest BCUT2D eigenvalue weighted by Gasteiger charge is -2.39. The van der Waals surface area contributed by atoms with Crippen molar-refractivity contribution in [2.45, 2.75) is 12.5 Å². The Labute approximate surface area is 81.7 Å². The van der Waals surface area contributed by atoms with Gasteiger partial charge in [0.05, 0.1) is 11.9 Å². The molecule has 1 amide bonds. The first-order chi connectivity index (χ1) is 6.68. The van der Waals surface area contributed by atoms with Crippen LogP contribution < -0.4 is 16.4 Å². The summed E-state index contributed by atoms with van der Waals surface area (Å²) in [5.74, 6) is 0.462. The summed E-state index contributed by atoms with van der Waals surface area (Å²) in [6, 6.07) is 3.36. The molecule has 0 aromatic carbocycles. The third-order valence-corrected chi connectivity index (χ3v) is 2.41. The molecule has 0 saturated carbocycles. The van der Waals surface area contributed by atoms with E-state index in [1.165, 1.54) is 0 Å². The lowest BCUT2D eigenvalue weighted by atomic mass is 10.0. The van der Waals surface area contributed by atoms with Crippen molar-refractivity contribution in [1.82, 2.24) is 4.98 Å². The summed E-state index contributed by atoms with van der Waals surface area (Å²) >= 11 is 0. The number of carbonyl (C=O) groups is 1. The lowest BCUT2D eigenvalue weighted by Crippen LogP contribution is -2.55. The summed E-state index contributed by atoms with van der Waals surface area (Å²) in [5, 5.41) is 0. The Balaban J connectivity index is 2.16. The van der Waals surface area contributed by atoms with E-state index in [9.17, 15) is 4.79 Å². The number of hydrogen-bond acceptors (Lipinski definition) is 4. The number of carbonyl (C=O) groups excluding carboxylic acids is 1. The predicted molar refractivity (Wildman–Crippen MR) is 53.6 cm³/mol. The molecule has 4 N–H and O–H groups in total. The first-order valence-electron chi connectivity index (χ1n) is 4.46. The molecule has 1 aromatic rings. The Morgan fingerprint density at radius 1 is 1.57 bits per heavy atom. The van der Waals surface area contributed by atoms with Gasteiger partial charge in [0.15, 0.2) is 0 Å². The number of anilines is 2. The van der Waals surface area contributed by atoms with E-state index in [1.807, 2.05) is 4.90 Å². The van der Waals surface area contributed by atoms with Gasteiger partial charge in [0.1, 0.15) is 11.9 Å². The van der Waals surface area contributed by atoms with E-state index in [4.69, 9.17) is 11.5 Å². The third kappa shape index (κ3) is 1.37. The summed E-state index contributed by atoms with van der Waals surface area (Å²) in [6.07, 6.45) is 2.38. The van der Waals surface area contributed by atoms with Crippen LogP contribution in [0.3, 0.4) is 0 Å². The summed E-state index contributed by atoms with van der Waals surface area (Å²) in [6.45, 7) is 0.824. The second kappa shape index (κ2) is 3.17. The maximum Gasteiger partial charge on any atom is 0.240 e. The average molecular weight is 192 g/mol. The monoisotopic (exact) mass is 192 g/mol. The zero-order valence-electron chi connectivity index (χ0n) is 7.68. The second-order valence-corrected chi connectivity index (χ2v) is 3.35. The molecule has 2 heterocycles. The first-order valence-corrected chi connectivity index (χ1v) is 4.46. The fraction of sp³-hybridized carbons (Fsp3) is 0.333. The quantitative estimate of drug-likeness (QED) is 0.675. The van der Waals surface area contributed by atoms with E-state index in [0.717, 1.165) is 18.8 Å². The average Bonchev–Trinajstić information content (AvgIpc) is 2.05. The zero-order chi connectivity index (χ0) is 10.1. The molecule has 74 valence electrons. The van der Waals surface area contributed by atoms with Gasteiger partial charge in [0, 0.05) is 6.54 Å². The fourth-order valence-electron chi connectivity index (χ4n) is 1.52. The van der Waals surface area contributed by atoms with Crippen molar-refractivity contribution in [3.8, 4) is 0 Å². The van der Waals surface area contributed by atoms with E-state index < -0.39 is 0 Å². The number of nitrogens with zero attached hydrogens (tertiary/aromatic N) is 2. The smallest absolute Gasteiger partial charge is 0.240 e. The number of pyridine rings is 1. The first kappa shape index (κ1) is 8.80. The summed E-state index contributed by atoms with van der Waals surface area (Å²) in [5.41, 5.74) is 11.3. The molecule has 1 aromatic heterocycles. The summed E-state index contributed by atoms with van der Waals surface area (Å²) in [7, 11) is 0. The van der Waals surface area contributed by atoms with Crippen LogP contribution in [-0.4, -0.2) is 23.5 Å². The van der Waals surface area contributed by atoms with Crippen molar-refractivity contribution < 1.29 is 4.79 Å². The van der Waals surface area contributed by atoms with Gasteiger partial charge in [-0.05, 0) is 18.6 Å². The van der Waals surface area contributed by atoms with Crippen molar-refractivity contribution in [3.05, 3.63) is 18.3 Å². The number of hydrogen-bond donors (Lipinski definition) is 2. The predicted octanol–water partition coefficient (Wildman–Crippen LogP) is -0.272. The highest BCUT2D eigenvalue weighted by molar-refractivity contribution is 5.85. The van der Waals surface area contributed by atoms with Gasteiger partial charge in [-0.2, -0.15) is 0 Å². The SMILES string of the molecule is NC(=O)C1CCN1c1ccc(N)cn1. The Morgan fingerprint density at radius 3 is 2.79 bits per heavy atom. The van der Waals surface area contributed by atoms with Gasteiger partial charge in [-0.25, -0.2) is 4.98 Å². The largest absolute Gasteiger partial charge is 0.397 e. The molecule has 0 radical (unpaired) electrons. The van der Waals surface area contributed by atoms with E-state index in [-0.39, 0.29) is 11.9 Å². The van der Waals surface area contributed by atoms with Gasteiger partial charge >= 0.3 is 0 Å². The van der Waals surface area contributed by atoms with Crippen LogP contribution in [0.4, 0.5) is 11.5 Å². The molecule has 0 spiro atoms. The van der Waals surface area contributed by atoms with Crippen molar-refractivity contribution in [3.63, 3.8) is 0 Å². The molecule has 5 heteroatoms. The van der Waals surface area contributed by atoms with Crippen LogP contribution in [0, 0.1) is 0 Å². The Bertz CT molecular complexity index is 348. The van der Waals surface area contributed by atoms with E-state index in [2.05, 4.69) is 4.98 Å². The zero-order valence-corrected chi connectivity index (χ0v) is 7.68. The van der Waals surface area contributed by atoms with Crippen LogP contribution in [0.15, 0.2) is 18.3 Å². The number of rotatable bonds is 2. The maximum absolute atomic E-state index is 11.0. The van der Waals surface area contributed by atoms with Crippen LogP contribution in [-0.2, 0) is 4.79 Å². The number of nitrogens with two attached hydrogens (primary N) is 2. The summed E-state index contributed by atoms with van der Waals surface area (Å²) < 4.78 is 0. The Hall–Kier alpha value is -1.78. The third-order valence-electron chi connectivity index (χ3n) is 2.41. The Kier molecular flexibility index (Phi) is 1.99. The molecule has 1 saturated heterocycles. The minimum Gasteiger partial charge on any atom is -0.397 e. The van der Waals surface area contributed by atoms with Crippen LogP contribution in [0.1, 0.15) is 6.42 Å². The molecular formula is C9H12N4O. The molecule has 0 aliphatic carbocycles. The maximum atomic E-state index is 11.0. The molecule has 1 aliphatic rings. The molecule has 2 rings (SSSR count). The molecule has 0 bridgehead atoms. The van der Waals surface area contributed by atoms with Gasteiger partial charge in [-0.3, -0.25) is 4.79 Å². The molecule has 1 unspecified atom stereocenters. The minimum atomic E-state index is -0.296. The van der Waals surface area contributed by atoms with Crippen molar-refractivity contribution >= 4 is 17.4 Å². The van der Waals surface area contributed by atoms with Crippen LogP contribution in [0.5, 0.6) is 0 Å². The second-order valence-electron chi connectivity index (χ2n) is 3.35. The van der Waals surface area contributed by atoms with Gasteiger partial charge < -0.3 is 16.4 Å². The van der Waals surface area contributed by atoms with E-state index in [0.29, 0.717) is 5.69 Å². The summed E-state index contributed by atoms with van der Waals surface area (Å²) in [4.78, 5) is 17.0. The molecular weight excluding hydrogens is 180 g/mol. The van der Waals surface area contributed by atoms with Crippen LogP contribution in [0.25, 0.3) is 0 Å². The number of aromatic nitrogens is 1. The molecule has 14 heavy (non-hydrogen) atoms. The fourth-order valence-corrected chi connectivity index (χ4v) is 1.52. The highest BCUT2D eigenvalue weighted by Gasteiger charge is 2.33. The topological polar surface area (TPSA) is 85.2 Å². The molecule has 1 atom stereocenters. The van der Waals surface area contributed by atoms with Crippen molar-refractivity contribution in [2.75, 3.05) is 17.2 Å². The lowest BCUT2D eigenvalue weighted by molar-refractivity contribution is -0.120. The Morgan fingerprint density at radius 2 is 2.36 bits per heavy atom. The van der Waals surface area contributed by atoms with Crippen LogP contribution in [0.2, 0.25) is 0 Å². The van der Waals surface area contributed by atoms with Crippen molar-refractivity contribution in [1.29, 1.82) is 0 Å². The van der Waals surface area contributed by atoms with Gasteiger partial charge in [0.25, 0.3) is 0 Å². The van der Waals surface area contributed by atoms with Crippen LogP contribution >= 0.6 is 0 Å². The minimum absolute atomic E-state index is 0.203. The van der Waals surface area contributed by atoms with Crippen molar-refractivity contribution in [2.24, 2.45) is 5.73 Å². The molecule has 1 fully saturated rings. The molecule has 5 nitrogen and oxygen atoms in total. The van der Waals surface area contributed by atoms with E-state index >= 15 is 0 Å². The normalized spacial score (nSPS) is 20.3. The van der Waals surface area contributed by atoms with Gasteiger partial charge in [0.2, 0.25) is 5.91 Å². The highest BCUT2D eigenvalue weighted by atomic mass is 16.1. The number of nitrogen functional groups attached to an aromatic ring is 1. The standard InChI is InChI=1S/C9H12N4O/c10-6-1-2-8(12-5-6)13-4-3-7(13)9(11)14/h1-2,5,7H,3-4,10H2,(H2,11,14).